The Balaban J connectivity index is 1.74. The topological polar surface area (TPSA) is 87.6 Å². The van der Waals surface area contributed by atoms with Crippen LogP contribution in [-0.4, -0.2) is 75.4 Å². The van der Waals surface area contributed by atoms with Crippen molar-refractivity contribution in [1.29, 1.82) is 0 Å². The van der Waals surface area contributed by atoms with Gasteiger partial charge in [-0.15, -0.1) is 0 Å². The molecular formula is C36H50F3N5O2. The van der Waals surface area contributed by atoms with E-state index in [1.54, 1.807) is 35.4 Å². The Labute approximate surface area is 271 Å². The van der Waals surface area contributed by atoms with Crippen molar-refractivity contribution in [3.63, 3.8) is 0 Å². The van der Waals surface area contributed by atoms with Gasteiger partial charge in [-0.05, 0) is 75.0 Å². The number of hydrogen-bond acceptors (Lipinski definition) is 5. The number of halogens is 3. The summed E-state index contributed by atoms with van der Waals surface area (Å²) >= 11 is 0. The van der Waals surface area contributed by atoms with Crippen LogP contribution < -0.4 is 5.73 Å². The number of aliphatic hydroxyl groups is 1. The number of alkyl halides is 1. The maximum Gasteiger partial charge on any atom is 0.251 e. The van der Waals surface area contributed by atoms with Gasteiger partial charge >= 0.3 is 0 Å². The molecular weight excluding hydrogens is 591 g/mol. The molecule has 1 amide bonds. The largest absolute Gasteiger partial charge is 0.384 e. The molecule has 46 heavy (non-hydrogen) atoms. The van der Waals surface area contributed by atoms with E-state index in [9.17, 15) is 14.3 Å². The first-order valence-electron chi connectivity index (χ1n) is 16.4. The molecule has 0 aliphatic carbocycles. The Kier molecular flexibility index (Phi) is 12.1. The molecule has 4 rings (SSSR count). The minimum atomic E-state index is -1.33. The average Bonchev–Trinajstić information content (AvgIpc) is 3.54. The lowest BCUT2D eigenvalue weighted by molar-refractivity contribution is -0.146. The lowest BCUT2D eigenvalue weighted by Crippen LogP contribution is -2.49. The van der Waals surface area contributed by atoms with E-state index in [-0.39, 0.29) is 18.9 Å². The Morgan fingerprint density at radius 3 is 2.52 bits per heavy atom. The zero-order valence-corrected chi connectivity index (χ0v) is 27.9. The molecule has 4 unspecified atom stereocenters. The Bertz CT molecular complexity index is 1450. The number of hydrogen-bond donors (Lipinski definition) is 2. The summed E-state index contributed by atoms with van der Waals surface area (Å²) in [7, 11) is 0. The summed E-state index contributed by atoms with van der Waals surface area (Å²) in [6.45, 7) is 11.7. The molecule has 2 heterocycles. The SMILES string of the molecule is Cc1ccc(F)c(-c2cn(Cc3cccc(F)c3)c(C(N(CC3CN(CCCCCCN)CC3F)C(=O)C(C)O)C(C)(C)C)n2)c1. The number of likely N-dealkylation sites (tertiary alicyclic amines) is 1. The van der Waals surface area contributed by atoms with E-state index in [0.29, 0.717) is 42.3 Å². The van der Waals surface area contributed by atoms with Crippen LogP contribution in [0.5, 0.6) is 0 Å². The number of aryl methyl sites for hydroxylation is 1. The number of carbonyl (C=O) groups excluding carboxylic acids is 1. The van der Waals surface area contributed by atoms with Gasteiger partial charge in [-0.25, -0.2) is 18.2 Å². The number of aromatic nitrogens is 2. The van der Waals surface area contributed by atoms with E-state index in [0.717, 1.165) is 37.8 Å². The van der Waals surface area contributed by atoms with Gasteiger partial charge in [0.25, 0.3) is 5.91 Å². The van der Waals surface area contributed by atoms with Crippen molar-refractivity contribution in [2.45, 2.75) is 85.2 Å². The molecule has 1 saturated heterocycles. The van der Waals surface area contributed by atoms with E-state index in [1.807, 2.05) is 32.3 Å². The van der Waals surface area contributed by atoms with Crippen LogP contribution in [0.2, 0.25) is 0 Å². The Hall–Kier alpha value is -3.21. The van der Waals surface area contributed by atoms with E-state index < -0.39 is 41.4 Å². The van der Waals surface area contributed by atoms with E-state index in [2.05, 4.69) is 4.90 Å². The molecule has 1 aliphatic rings. The minimum Gasteiger partial charge on any atom is -0.384 e. The highest BCUT2D eigenvalue weighted by Crippen LogP contribution is 2.41. The Morgan fingerprint density at radius 1 is 1.11 bits per heavy atom. The smallest absolute Gasteiger partial charge is 0.251 e. The highest BCUT2D eigenvalue weighted by atomic mass is 19.1. The van der Waals surface area contributed by atoms with Gasteiger partial charge in [0.2, 0.25) is 0 Å². The number of nitrogens with zero attached hydrogens (tertiary/aromatic N) is 4. The van der Waals surface area contributed by atoms with Crippen molar-refractivity contribution in [3.05, 3.63) is 77.2 Å². The van der Waals surface area contributed by atoms with Gasteiger partial charge in [0.1, 0.15) is 29.7 Å². The van der Waals surface area contributed by atoms with Gasteiger partial charge in [0.15, 0.2) is 0 Å². The van der Waals surface area contributed by atoms with Crippen LogP contribution in [0, 0.1) is 29.9 Å². The number of amides is 1. The molecule has 0 spiro atoms. The third-order valence-corrected chi connectivity index (χ3v) is 8.76. The number of nitrogens with two attached hydrogens (primary N) is 1. The number of benzene rings is 2. The summed E-state index contributed by atoms with van der Waals surface area (Å²) in [5.74, 6) is -1.37. The summed E-state index contributed by atoms with van der Waals surface area (Å²) in [5, 5.41) is 10.6. The number of aliphatic hydroxyl groups excluding tert-OH is 1. The van der Waals surface area contributed by atoms with Crippen molar-refractivity contribution in [2.75, 3.05) is 32.7 Å². The van der Waals surface area contributed by atoms with Gasteiger partial charge in [-0.2, -0.15) is 0 Å². The van der Waals surface area contributed by atoms with Crippen molar-refractivity contribution >= 4 is 5.91 Å². The maximum absolute atomic E-state index is 15.6. The quantitative estimate of drug-likeness (QED) is 0.203. The van der Waals surface area contributed by atoms with Gasteiger partial charge in [0, 0.05) is 43.9 Å². The highest BCUT2D eigenvalue weighted by molar-refractivity contribution is 5.80. The molecule has 3 N–H and O–H groups in total. The molecule has 0 saturated carbocycles. The van der Waals surface area contributed by atoms with Crippen LogP contribution in [-0.2, 0) is 11.3 Å². The molecule has 1 aliphatic heterocycles. The standard InChI is InChI=1S/C36H50F3N5O2/c1-24-13-14-30(38)29(17-24)32-23-43(19-26-11-10-12-28(37)18-26)34(41-32)33(36(3,4)5)44(35(46)25(2)45)21-27-20-42(22-31(27)39)16-9-7-6-8-15-40/h10-14,17-18,23,25,27,31,33,45H,6-9,15-16,19-22,40H2,1-5H3. The predicted octanol–water partition coefficient (Wildman–Crippen LogP) is 6.27. The van der Waals surface area contributed by atoms with Crippen LogP contribution in [0.15, 0.2) is 48.7 Å². The van der Waals surface area contributed by atoms with Crippen LogP contribution in [0.4, 0.5) is 13.2 Å². The van der Waals surface area contributed by atoms with Crippen LogP contribution in [0.1, 0.15) is 76.4 Å². The molecule has 1 fully saturated rings. The number of rotatable bonds is 14. The monoisotopic (exact) mass is 641 g/mol. The minimum absolute atomic E-state index is 0.0808. The molecule has 7 nitrogen and oxygen atoms in total. The average molecular weight is 642 g/mol. The Morgan fingerprint density at radius 2 is 1.85 bits per heavy atom. The molecule has 10 heteroatoms. The fourth-order valence-electron chi connectivity index (χ4n) is 6.49. The second-order valence-electron chi connectivity index (χ2n) is 13.9. The number of unbranched alkanes of at least 4 members (excludes halogenated alkanes) is 3. The van der Waals surface area contributed by atoms with Crippen LogP contribution in [0.3, 0.4) is 0 Å². The molecule has 1 aromatic heterocycles. The third-order valence-electron chi connectivity index (χ3n) is 8.76. The van der Waals surface area contributed by atoms with Gasteiger partial charge in [-0.3, -0.25) is 9.69 Å². The van der Waals surface area contributed by atoms with Crippen molar-refractivity contribution in [1.82, 2.24) is 19.4 Å². The normalized spacial score (nSPS) is 18.6. The van der Waals surface area contributed by atoms with Crippen LogP contribution >= 0.6 is 0 Å². The summed E-state index contributed by atoms with van der Waals surface area (Å²) in [5.41, 5.74) is 7.17. The fraction of sp³-hybridized carbons (Fsp3) is 0.556. The first kappa shape index (κ1) is 35.6. The molecule has 0 bridgehead atoms. The molecule has 3 aromatic rings. The first-order chi connectivity index (χ1) is 21.8. The summed E-state index contributed by atoms with van der Waals surface area (Å²) in [4.78, 5) is 22.4. The van der Waals surface area contributed by atoms with Crippen molar-refractivity contribution < 1.29 is 23.1 Å². The first-order valence-corrected chi connectivity index (χ1v) is 16.4. The van der Waals surface area contributed by atoms with Gasteiger partial charge < -0.3 is 20.3 Å². The van der Waals surface area contributed by atoms with E-state index >= 15 is 8.78 Å². The lowest BCUT2D eigenvalue weighted by Gasteiger charge is -2.41. The zero-order valence-electron chi connectivity index (χ0n) is 27.9. The summed E-state index contributed by atoms with van der Waals surface area (Å²) in [6.07, 6.45) is 3.27. The zero-order chi connectivity index (χ0) is 33.6. The number of imidazole rings is 1. The maximum atomic E-state index is 15.6. The fourth-order valence-corrected chi connectivity index (χ4v) is 6.49. The lowest BCUT2D eigenvalue weighted by atomic mass is 9.84. The second-order valence-corrected chi connectivity index (χ2v) is 13.9. The predicted molar refractivity (Wildman–Crippen MR) is 176 cm³/mol. The molecule has 0 radical (unpaired) electrons. The second kappa shape index (κ2) is 15.6. The van der Waals surface area contributed by atoms with E-state index in [4.69, 9.17) is 10.7 Å². The molecule has 252 valence electrons. The van der Waals surface area contributed by atoms with Gasteiger partial charge in [-0.1, -0.05) is 57.4 Å². The highest BCUT2D eigenvalue weighted by Gasteiger charge is 2.43. The van der Waals surface area contributed by atoms with Crippen LogP contribution in [0.25, 0.3) is 11.3 Å². The summed E-state index contributed by atoms with van der Waals surface area (Å²) in [6, 6.07) is 10.3. The summed E-state index contributed by atoms with van der Waals surface area (Å²) < 4.78 is 46.8. The third kappa shape index (κ3) is 8.98. The van der Waals surface area contributed by atoms with Crippen molar-refractivity contribution in [3.8, 4) is 11.3 Å². The number of carbonyl (C=O) groups is 1. The molecule has 4 atom stereocenters. The van der Waals surface area contributed by atoms with E-state index in [1.165, 1.54) is 25.1 Å². The van der Waals surface area contributed by atoms with Gasteiger partial charge in [0.05, 0.1) is 11.7 Å². The van der Waals surface area contributed by atoms with Crippen molar-refractivity contribution in [2.24, 2.45) is 17.1 Å². The molecule has 2 aromatic carbocycles.